The Kier molecular flexibility index (Phi) is 4.19. The Bertz CT molecular complexity index is 265. The highest BCUT2D eigenvalue weighted by atomic mass is 35.5. The lowest BCUT2D eigenvalue weighted by Crippen LogP contribution is -2.10. The molecule has 72 valence electrons. The first-order valence-electron chi connectivity index (χ1n) is 4.29. The van der Waals surface area contributed by atoms with Gasteiger partial charge in [0.25, 0.3) is 0 Å². The average Bonchev–Trinajstić information content (AvgIpc) is 2.15. The minimum Gasteiger partial charge on any atom is -0.320 e. The van der Waals surface area contributed by atoms with Gasteiger partial charge in [0.1, 0.15) is 6.17 Å². The van der Waals surface area contributed by atoms with Crippen molar-refractivity contribution in [3.63, 3.8) is 0 Å². The molecule has 1 aromatic rings. The zero-order chi connectivity index (χ0) is 9.68. The van der Waals surface area contributed by atoms with E-state index in [1.165, 1.54) is 0 Å². The Balaban J connectivity index is 2.65. The predicted molar refractivity (Wildman–Crippen MR) is 53.8 cm³/mol. The number of rotatable bonds is 4. The van der Waals surface area contributed by atoms with Crippen LogP contribution in [-0.4, -0.2) is 13.6 Å². The summed E-state index contributed by atoms with van der Waals surface area (Å²) in [6.45, 7) is 0.659. The smallest absolute Gasteiger partial charge is 0.128 e. The van der Waals surface area contributed by atoms with Crippen LogP contribution in [0.2, 0.25) is 5.02 Å². The van der Waals surface area contributed by atoms with E-state index in [0.717, 1.165) is 0 Å². The van der Waals surface area contributed by atoms with E-state index in [0.29, 0.717) is 23.6 Å². The first-order chi connectivity index (χ1) is 6.25. The summed E-state index contributed by atoms with van der Waals surface area (Å²) in [6.07, 6.45) is -0.513. The third-order valence-corrected chi connectivity index (χ3v) is 2.23. The van der Waals surface area contributed by atoms with Crippen LogP contribution in [0.4, 0.5) is 4.39 Å². The van der Waals surface area contributed by atoms with E-state index in [-0.39, 0.29) is 0 Å². The van der Waals surface area contributed by atoms with Gasteiger partial charge < -0.3 is 5.32 Å². The molecule has 1 unspecified atom stereocenters. The zero-order valence-electron chi connectivity index (χ0n) is 7.56. The highest BCUT2D eigenvalue weighted by Crippen LogP contribution is 2.27. The van der Waals surface area contributed by atoms with Crippen LogP contribution in [0.5, 0.6) is 0 Å². The van der Waals surface area contributed by atoms with Crippen LogP contribution in [-0.2, 0) is 0 Å². The number of benzene rings is 1. The molecule has 0 saturated heterocycles. The van der Waals surface area contributed by atoms with Gasteiger partial charge in [-0.2, -0.15) is 0 Å². The first kappa shape index (κ1) is 10.5. The maximum absolute atomic E-state index is 13.5. The molecule has 0 spiro atoms. The van der Waals surface area contributed by atoms with Crippen molar-refractivity contribution in [1.82, 2.24) is 5.32 Å². The molecule has 0 bridgehead atoms. The largest absolute Gasteiger partial charge is 0.320 e. The van der Waals surface area contributed by atoms with Crippen LogP contribution in [0.3, 0.4) is 0 Å². The van der Waals surface area contributed by atoms with Crippen molar-refractivity contribution in [3.8, 4) is 0 Å². The molecule has 0 aliphatic rings. The van der Waals surface area contributed by atoms with Gasteiger partial charge in [-0.3, -0.25) is 0 Å². The number of alkyl halides is 1. The molecule has 1 nitrogen and oxygen atoms in total. The molecule has 0 amide bonds. The lowest BCUT2D eigenvalue weighted by molar-refractivity contribution is 0.322. The summed E-state index contributed by atoms with van der Waals surface area (Å²) >= 11 is 5.84. The monoisotopic (exact) mass is 201 g/mol. The predicted octanol–water partition coefficient (Wildman–Crippen LogP) is 2.96. The maximum Gasteiger partial charge on any atom is 0.128 e. The second-order valence-electron chi connectivity index (χ2n) is 2.88. The molecule has 0 saturated carbocycles. The topological polar surface area (TPSA) is 12.0 Å². The van der Waals surface area contributed by atoms with Crippen LogP contribution in [0.1, 0.15) is 18.2 Å². The van der Waals surface area contributed by atoms with Gasteiger partial charge in [-0.25, -0.2) is 4.39 Å². The molecule has 1 rings (SSSR count). The molecule has 0 aliphatic heterocycles. The minimum atomic E-state index is -0.971. The third kappa shape index (κ3) is 2.98. The highest BCUT2D eigenvalue weighted by Gasteiger charge is 2.11. The van der Waals surface area contributed by atoms with Gasteiger partial charge in [0.2, 0.25) is 0 Å². The zero-order valence-corrected chi connectivity index (χ0v) is 8.31. The van der Waals surface area contributed by atoms with Crippen LogP contribution in [0.25, 0.3) is 0 Å². The standard InChI is InChI=1S/C10H13ClFN/c1-13-7-6-10(12)8-4-2-3-5-9(8)11/h2-5,10,13H,6-7H2,1H3. The molecule has 3 heteroatoms. The lowest BCUT2D eigenvalue weighted by atomic mass is 10.1. The Morgan fingerprint density at radius 2 is 2.15 bits per heavy atom. The Hall–Kier alpha value is -0.600. The molecule has 13 heavy (non-hydrogen) atoms. The van der Waals surface area contributed by atoms with E-state index < -0.39 is 6.17 Å². The number of hydrogen-bond acceptors (Lipinski definition) is 1. The third-order valence-electron chi connectivity index (χ3n) is 1.89. The van der Waals surface area contributed by atoms with Gasteiger partial charge in [0, 0.05) is 10.6 Å². The van der Waals surface area contributed by atoms with E-state index in [1.54, 1.807) is 31.3 Å². The van der Waals surface area contributed by atoms with Crippen molar-refractivity contribution in [2.75, 3.05) is 13.6 Å². The van der Waals surface area contributed by atoms with Crippen LogP contribution >= 0.6 is 11.6 Å². The summed E-state index contributed by atoms with van der Waals surface area (Å²) in [4.78, 5) is 0. The molecule has 0 fully saturated rings. The number of nitrogens with one attached hydrogen (secondary N) is 1. The van der Waals surface area contributed by atoms with Crippen molar-refractivity contribution >= 4 is 11.6 Å². The Morgan fingerprint density at radius 1 is 1.46 bits per heavy atom. The summed E-state index contributed by atoms with van der Waals surface area (Å²) in [7, 11) is 1.80. The van der Waals surface area contributed by atoms with Crippen LogP contribution in [0, 0.1) is 0 Å². The molecule has 1 N–H and O–H groups in total. The fourth-order valence-electron chi connectivity index (χ4n) is 1.16. The molecular formula is C10H13ClFN. The summed E-state index contributed by atoms with van der Waals surface area (Å²) in [5.74, 6) is 0. The SMILES string of the molecule is CNCCC(F)c1ccccc1Cl. The summed E-state index contributed by atoms with van der Waals surface area (Å²) < 4.78 is 13.5. The molecule has 0 heterocycles. The normalized spacial score (nSPS) is 12.8. The fraction of sp³-hybridized carbons (Fsp3) is 0.400. The van der Waals surface area contributed by atoms with E-state index in [1.807, 2.05) is 0 Å². The molecular weight excluding hydrogens is 189 g/mol. The Labute approximate surface area is 82.9 Å². The number of halogens is 2. The van der Waals surface area contributed by atoms with Crippen molar-refractivity contribution in [3.05, 3.63) is 34.9 Å². The maximum atomic E-state index is 13.5. The minimum absolute atomic E-state index is 0.459. The quantitative estimate of drug-likeness (QED) is 0.790. The van der Waals surface area contributed by atoms with Crippen LogP contribution in [0.15, 0.2) is 24.3 Å². The van der Waals surface area contributed by atoms with Gasteiger partial charge in [-0.05, 0) is 26.1 Å². The highest BCUT2D eigenvalue weighted by molar-refractivity contribution is 6.31. The van der Waals surface area contributed by atoms with Gasteiger partial charge >= 0.3 is 0 Å². The molecule has 1 aromatic carbocycles. The second-order valence-corrected chi connectivity index (χ2v) is 3.29. The lowest BCUT2D eigenvalue weighted by Gasteiger charge is -2.09. The van der Waals surface area contributed by atoms with Crippen molar-refractivity contribution in [2.45, 2.75) is 12.6 Å². The summed E-state index contributed by atoms with van der Waals surface area (Å²) in [5.41, 5.74) is 0.583. The van der Waals surface area contributed by atoms with E-state index >= 15 is 0 Å². The van der Waals surface area contributed by atoms with Gasteiger partial charge in [0.15, 0.2) is 0 Å². The van der Waals surface area contributed by atoms with E-state index in [2.05, 4.69) is 5.32 Å². The van der Waals surface area contributed by atoms with E-state index in [4.69, 9.17) is 11.6 Å². The molecule has 0 aromatic heterocycles. The molecule has 1 atom stereocenters. The first-order valence-corrected chi connectivity index (χ1v) is 4.66. The van der Waals surface area contributed by atoms with Gasteiger partial charge in [0.05, 0.1) is 0 Å². The van der Waals surface area contributed by atoms with Crippen molar-refractivity contribution in [1.29, 1.82) is 0 Å². The summed E-state index contributed by atoms with van der Waals surface area (Å²) in [6, 6.07) is 7.04. The fourth-order valence-corrected chi connectivity index (χ4v) is 1.41. The van der Waals surface area contributed by atoms with Crippen molar-refractivity contribution < 1.29 is 4.39 Å². The van der Waals surface area contributed by atoms with Gasteiger partial charge in [-0.15, -0.1) is 0 Å². The van der Waals surface area contributed by atoms with Crippen molar-refractivity contribution in [2.24, 2.45) is 0 Å². The van der Waals surface area contributed by atoms with Gasteiger partial charge in [-0.1, -0.05) is 29.8 Å². The van der Waals surface area contributed by atoms with Crippen LogP contribution < -0.4 is 5.32 Å². The Morgan fingerprint density at radius 3 is 2.77 bits per heavy atom. The second kappa shape index (κ2) is 5.20. The average molecular weight is 202 g/mol. The summed E-state index contributed by atoms with van der Waals surface area (Å²) in [5, 5.41) is 3.41. The molecule has 0 radical (unpaired) electrons. The molecule has 0 aliphatic carbocycles. The number of hydrogen-bond donors (Lipinski definition) is 1. The van der Waals surface area contributed by atoms with E-state index in [9.17, 15) is 4.39 Å².